The number of carboxylic acid groups (broad SMARTS) is 1. The predicted molar refractivity (Wildman–Crippen MR) is 58.5 cm³/mol. The van der Waals surface area contributed by atoms with E-state index in [2.05, 4.69) is 0 Å². The van der Waals surface area contributed by atoms with Gasteiger partial charge in [-0.1, -0.05) is 13.8 Å². The van der Waals surface area contributed by atoms with Gasteiger partial charge < -0.3 is 9.84 Å². The molecule has 6 heteroatoms. The molecule has 6 nitrogen and oxygen atoms in total. The zero-order chi connectivity index (χ0) is 13.1. The average Bonchev–Trinajstić information content (AvgIpc) is 1.98. The van der Waals surface area contributed by atoms with Crippen molar-refractivity contribution >= 4 is 12.1 Å². The Labute approximate surface area is 95.3 Å². The van der Waals surface area contributed by atoms with Crippen LogP contribution in [0.25, 0.3) is 0 Å². The van der Waals surface area contributed by atoms with E-state index >= 15 is 0 Å². The van der Waals surface area contributed by atoms with E-state index in [1.54, 1.807) is 34.6 Å². The highest BCUT2D eigenvalue weighted by molar-refractivity contribution is 5.79. The molecule has 0 bridgehead atoms. The lowest BCUT2D eigenvalue weighted by Gasteiger charge is -2.29. The Morgan fingerprint density at radius 1 is 1.31 bits per heavy atom. The number of carbonyl (C=O) groups is 2. The fraction of sp³-hybridized carbons (Fsp3) is 0.800. The largest absolute Gasteiger partial charge is 0.480 e. The highest BCUT2D eigenvalue weighted by atomic mass is 16.6. The van der Waals surface area contributed by atoms with Crippen molar-refractivity contribution in [3.63, 3.8) is 0 Å². The molecule has 1 amide bonds. The molecule has 0 fully saturated rings. The van der Waals surface area contributed by atoms with Crippen LogP contribution in [0.4, 0.5) is 4.79 Å². The molecule has 0 aliphatic carbocycles. The van der Waals surface area contributed by atoms with Gasteiger partial charge in [0.1, 0.15) is 5.60 Å². The topological polar surface area (TPSA) is 92.9 Å². The number of hydrazine groups is 1. The quantitative estimate of drug-likeness (QED) is 0.433. The van der Waals surface area contributed by atoms with Crippen molar-refractivity contribution in [1.82, 2.24) is 5.01 Å². The molecular weight excluding hydrogens is 212 g/mol. The van der Waals surface area contributed by atoms with Crippen LogP contribution in [0.2, 0.25) is 0 Å². The van der Waals surface area contributed by atoms with E-state index in [1.807, 2.05) is 0 Å². The van der Waals surface area contributed by atoms with Crippen LogP contribution in [0.1, 0.15) is 34.6 Å². The van der Waals surface area contributed by atoms with Gasteiger partial charge in [0.15, 0.2) is 6.04 Å². The first kappa shape index (κ1) is 14.7. The van der Waals surface area contributed by atoms with Crippen molar-refractivity contribution in [3.05, 3.63) is 0 Å². The van der Waals surface area contributed by atoms with Crippen LogP contribution in [0.15, 0.2) is 0 Å². The van der Waals surface area contributed by atoms with E-state index in [9.17, 15) is 9.59 Å². The summed E-state index contributed by atoms with van der Waals surface area (Å²) >= 11 is 0. The number of ether oxygens (including phenoxy) is 1. The smallest absolute Gasteiger partial charge is 0.425 e. The highest BCUT2D eigenvalue weighted by Gasteiger charge is 2.33. The van der Waals surface area contributed by atoms with E-state index < -0.39 is 23.7 Å². The van der Waals surface area contributed by atoms with E-state index in [1.165, 1.54) is 0 Å². The molecule has 94 valence electrons. The third-order valence-corrected chi connectivity index (χ3v) is 1.79. The second kappa shape index (κ2) is 5.16. The van der Waals surface area contributed by atoms with Gasteiger partial charge in [-0.05, 0) is 26.7 Å². The summed E-state index contributed by atoms with van der Waals surface area (Å²) in [7, 11) is 0. The van der Waals surface area contributed by atoms with E-state index in [4.69, 9.17) is 15.7 Å². The number of hydrogen-bond donors (Lipinski definition) is 2. The summed E-state index contributed by atoms with van der Waals surface area (Å²) < 4.78 is 4.98. The Morgan fingerprint density at radius 2 is 1.75 bits per heavy atom. The van der Waals surface area contributed by atoms with Crippen LogP contribution in [-0.2, 0) is 9.53 Å². The van der Waals surface area contributed by atoms with Crippen molar-refractivity contribution < 1.29 is 19.4 Å². The molecule has 0 aromatic heterocycles. The minimum Gasteiger partial charge on any atom is -0.480 e. The molecule has 0 aromatic carbocycles. The summed E-state index contributed by atoms with van der Waals surface area (Å²) in [5.41, 5.74) is -0.700. The van der Waals surface area contributed by atoms with Crippen LogP contribution in [-0.4, -0.2) is 33.8 Å². The second-order valence-electron chi connectivity index (χ2n) is 4.91. The maximum Gasteiger partial charge on any atom is 0.425 e. The summed E-state index contributed by atoms with van der Waals surface area (Å²) in [5, 5.41) is 9.56. The molecule has 0 aromatic rings. The molecular formula is C10H20N2O4. The summed E-state index contributed by atoms with van der Waals surface area (Å²) in [5.74, 6) is 4.00. The van der Waals surface area contributed by atoms with Gasteiger partial charge in [0, 0.05) is 0 Å². The first-order chi connectivity index (χ1) is 7.06. The van der Waals surface area contributed by atoms with Crippen LogP contribution < -0.4 is 5.84 Å². The molecule has 0 spiro atoms. The fourth-order valence-corrected chi connectivity index (χ4v) is 1.15. The zero-order valence-electron chi connectivity index (χ0n) is 10.4. The van der Waals surface area contributed by atoms with Gasteiger partial charge in [0.25, 0.3) is 0 Å². The van der Waals surface area contributed by atoms with Gasteiger partial charge in [-0.15, -0.1) is 0 Å². The number of carbonyl (C=O) groups excluding carboxylic acids is 1. The Balaban J connectivity index is 4.69. The molecule has 0 aliphatic heterocycles. The number of hydrogen-bond acceptors (Lipinski definition) is 4. The van der Waals surface area contributed by atoms with Gasteiger partial charge in [0.2, 0.25) is 0 Å². The maximum absolute atomic E-state index is 11.5. The minimum atomic E-state index is -1.15. The third kappa shape index (κ3) is 4.48. The Kier molecular flexibility index (Phi) is 4.74. The summed E-state index contributed by atoms with van der Waals surface area (Å²) in [6, 6.07) is -1.09. The zero-order valence-corrected chi connectivity index (χ0v) is 10.4. The van der Waals surface area contributed by atoms with E-state index in [0.29, 0.717) is 5.01 Å². The van der Waals surface area contributed by atoms with Crippen LogP contribution in [0, 0.1) is 5.92 Å². The SMILES string of the molecule is CC(C)C(C(=O)O)N(N)C(=O)OC(C)(C)C. The molecule has 3 N–H and O–H groups in total. The van der Waals surface area contributed by atoms with Crippen LogP contribution in [0.5, 0.6) is 0 Å². The van der Waals surface area contributed by atoms with Gasteiger partial charge >= 0.3 is 12.1 Å². The fourth-order valence-electron chi connectivity index (χ4n) is 1.15. The van der Waals surface area contributed by atoms with Gasteiger partial charge in [0.05, 0.1) is 0 Å². The molecule has 0 heterocycles. The van der Waals surface area contributed by atoms with Crippen molar-refractivity contribution in [1.29, 1.82) is 0 Å². The van der Waals surface area contributed by atoms with Crippen LogP contribution >= 0.6 is 0 Å². The monoisotopic (exact) mass is 232 g/mol. The molecule has 0 saturated carbocycles. The molecule has 16 heavy (non-hydrogen) atoms. The summed E-state index contributed by atoms with van der Waals surface area (Å²) in [4.78, 5) is 22.4. The number of aliphatic carboxylic acids is 1. The lowest BCUT2D eigenvalue weighted by molar-refractivity contribution is -0.145. The third-order valence-electron chi connectivity index (χ3n) is 1.79. The predicted octanol–water partition coefficient (Wildman–Crippen LogP) is 1.21. The first-order valence-electron chi connectivity index (χ1n) is 5.06. The molecule has 0 aliphatic rings. The highest BCUT2D eigenvalue weighted by Crippen LogP contribution is 2.13. The number of carboxylic acids is 1. The van der Waals surface area contributed by atoms with Crippen molar-refractivity contribution in [2.24, 2.45) is 11.8 Å². The summed E-state index contributed by atoms with van der Waals surface area (Å²) in [6.07, 6.45) is -0.839. The normalized spacial score (nSPS) is 13.4. The number of nitrogens with two attached hydrogens (primary N) is 1. The molecule has 1 unspecified atom stereocenters. The van der Waals surface area contributed by atoms with Crippen LogP contribution in [0.3, 0.4) is 0 Å². The Morgan fingerprint density at radius 3 is 2.00 bits per heavy atom. The number of nitrogens with zero attached hydrogens (tertiary/aromatic N) is 1. The van der Waals surface area contributed by atoms with E-state index in [0.717, 1.165) is 0 Å². The van der Waals surface area contributed by atoms with Crippen molar-refractivity contribution in [3.8, 4) is 0 Å². The molecule has 0 saturated heterocycles. The molecule has 1 atom stereocenters. The lowest BCUT2D eigenvalue weighted by atomic mass is 10.0. The van der Waals surface area contributed by atoms with Gasteiger partial charge in [-0.2, -0.15) is 0 Å². The minimum absolute atomic E-state index is 0.296. The average molecular weight is 232 g/mol. The Bertz CT molecular complexity index is 270. The first-order valence-corrected chi connectivity index (χ1v) is 5.06. The molecule has 0 rings (SSSR count). The van der Waals surface area contributed by atoms with E-state index in [-0.39, 0.29) is 5.92 Å². The number of amides is 1. The van der Waals surface area contributed by atoms with Gasteiger partial charge in [-0.25, -0.2) is 20.4 Å². The second-order valence-corrected chi connectivity index (χ2v) is 4.91. The van der Waals surface area contributed by atoms with Crippen molar-refractivity contribution in [2.75, 3.05) is 0 Å². The van der Waals surface area contributed by atoms with Crippen molar-refractivity contribution in [2.45, 2.75) is 46.3 Å². The van der Waals surface area contributed by atoms with Gasteiger partial charge in [-0.3, -0.25) is 0 Å². The Hall–Kier alpha value is -1.30. The molecule has 0 radical (unpaired) electrons. The standard InChI is InChI=1S/C10H20N2O4/c1-6(2)7(8(13)14)12(11)9(15)16-10(3,4)5/h6-7H,11H2,1-5H3,(H,13,14). The summed E-state index contributed by atoms with van der Waals surface area (Å²) in [6.45, 7) is 8.39. The lowest BCUT2D eigenvalue weighted by Crippen LogP contribution is -2.53. The maximum atomic E-state index is 11.5. The number of rotatable bonds is 3.